The number of carbonyl (C=O) groups excluding carboxylic acids is 1. The normalized spacial score (nSPS) is 13.6. The van der Waals surface area contributed by atoms with Crippen LogP contribution in [0.2, 0.25) is 0 Å². The summed E-state index contributed by atoms with van der Waals surface area (Å²) in [5.74, 6) is 0.441. The van der Waals surface area contributed by atoms with E-state index in [-0.39, 0.29) is 0 Å². The molecule has 0 amide bonds. The Morgan fingerprint density at radius 3 is 2.30 bits per heavy atom. The molecular formula is C16H17O3P. The van der Waals surface area contributed by atoms with Crippen molar-refractivity contribution in [2.75, 3.05) is 6.66 Å². The molecule has 0 saturated carbocycles. The van der Waals surface area contributed by atoms with Crippen molar-refractivity contribution >= 4 is 12.9 Å². The molecule has 0 N–H and O–H groups in total. The summed E-state index contributed by atoms with van der Waals surface area (Å²) in [6.45, 7) is 5.15. The van der Waals surface area contributed by atoms with E-state index in [1.54, 1.807) is 30.3 Å². The molecule has 0 aliphatic heterocycles. The van der Waals surface area contributed by atoms with Crippen LogP contribution < -0.4 is 4.52 Å². The second-order valence-electron chi connectivity index (χ2n) is 4.87. The molecule has 2 rings (SSSR count). The standard InChI is InChI=1S/C16H17O3P/c1-12-9-10-15(13(2)11-12)16(17)20(3,18)19-14-7-5-4-6-8-14/h4-11H,1-3H3. The molecule has 0 aromatic heterocycles. The fourth-order valence-corrected chi connectivity index (χ4v) is 3.29. The van der Waals surface area contributed by atoms with Crippen LogP contribution in [0.1, 0.15) is 21.5 Å². The molecule has 2 aromatic rings. The number of hydrogen-bond acceptors (Lipinski definition) is 3. The van der Waals surface area contributed by atoms with Gasteiger partial charge < -0.3 is 4.52 Å². The second kappa shape index (κ2) is 5.64. The van der Waals surface area contributed by atoms with Gasteiger partial charge in [0.2, 0.25) is 0 Å². The maximum absolute atomic E-state index is 12.5. The number of carbonyl (C=O) groups is 1. The highest BCUT2D eigenvalue weighted by atomic mass is 31.2. The van der Waals surface area contributed by atoms with E-state index in [2.05, 4.69) is 0 Å². The Labute approximate surface area is 119 Å². The van der Waals surface area contributed by atoms with E-state index in [0.29, 0.717) is 11.3 Å². The van der Waals surface area contributed by atoms with Gasteiger partial charge in [0.05, 0.1) is 0 Å². The average molecular weight is 288 g/mol. The molecule has 4 heteroatoms. The zero-order valence-corrected chi connectivity index (χ0v) is 12.7. The van der Waals surface area contributed by atoms with Crippen molar-refractivity contribution in [2.45, 2.75) is 13.8 Å². The molecule has 1 atom stereocenters. The molecule has 20 heavy (non-hydrogen) atoms. The van der Waals surface area contributed by atoms with Gasteiger partial charge in [0, 0.05) is 12.2 Å². The smallest absolute Gasteiger partial charge is 0.313 e. The van der Waals surface area contributed by atoms with Gasteiger partial charge in [-0.1, -0.05) is 42.0 Å². The third-order valence-corrected chi connectivity index (χ3v) is 4.54. The van der Waals surface area contributed by atoms with E-state index in [4.69, 9.17) is 4.52 Å². The molecule has 0 radical (unpaired) electrons. The van der Waals surface area contributed by atoms with Gasteiger partial charge in [0.1, 0.15) is 5.75 Å². The molecule has 0 fully saturated rings. The Morgan fingerprint density at radius 1 is 1.05 bits per heavy atom. The van der Waals surface area contributed by atoms with Crippen molar-refractivity contribution in [3.05, 3.63) is 65.2 Å². The lowest BCUT2D eigenvalue weighted by molar-refractivity contribution is 0.106. The molecule has 0 spiro atoms. The third kappa shape index (κ3) is 3.17. The summed E-state index contributed by atoms with van der Waals surface area (Å²) in [7, 11) is -3.41. The summed E-state index contributed by atoms with van der Waals surface area (Å²) in [6.07, 6.45) is 0. The summed E-state index contributed by atoms with van der Waals surface area (Å²) < 4.78 is 18.0. The van der Waals surface area contributed by atoms with Gasteiger partial charge in [-0.25, -0.2) is 0 Å². The van der Waals surface area contributed by atoms with Gasteiger partial charge in [0.15, 0.2) is 0 Å². The predicted octanol–water partition coefficient (Wildman–Crippen LogP) is 4.43. The first-order valence-electron chi connectivity index (χ1n) is 6.34. The quantitative estimate of drug-likeness (QED) is 0.782. The molecule has 3 nitrogen and oxygen atoms in total. The van der Waals surface area contributed by atoms with E-state index in [9.17, 15) is 9.36 Å². The highest BCUT2D eigenvalue weighted by Gasteiger charge is 2.30. The first-order chi connectivity index (χ1) is 9.40. The number of para-hydroxylation sites is 1. The van der Waals surface area contributed by atoms with Gasteiger partial charge in [0.25, 0.3) is 5.52 Å². The minimum Gasteiger partial charge on any atom is -0.438 e. The van der Waals surface area contributed by atoms with E-state index in [1.807, 2.05) is 32.0 Å². The van der Waals surface area contributed by atoms with Crippen molar-refractivity contribution in [1.29, 1.82) is 0 Å². The minimum absolute atomic E-state index is 0.441. The average Bonchev–Trinajstić information content (AvgIpc) is 2.38. The Hall–Kier alpha value is -1.86. The summed E-state index contributed by atoms with van der Waals surface area (Å²) in [5.41, 5.74) is 1.89. The lowest BCUT2D eigenvalue weighted by atomic mass is 10.1. The van der Waals surface area contributed by atoms with Gasteiger partial charge in [-0.3, -0.25) is 9.36 Å². The fraction of sp³-hybridized carbons (Fsp3) is 0.188. The lowest BCUT2D eigenvalue weighted by Gasteiger charge is -2.15. The minimum atomic E-state index is -3.41. The monoisotopic (exact) mass is 288 g/mol. The fourth-order valence-electron chi connectivity index (χ4n) is 2.00. The van der Waals surface area contributed by atoms with Crippen LogP contribution in [-0.4, -0.2) is 12.2 Å². The van der Waals surface area contributed by atoms with Gasteiger partial charge in [-0.15, -0.1) is 0 Å². The summed E-state index contributed by atoms with van der Waals surface area (Å²) in [4.78, 5) is 12.4. The molecular weight excluding hydrogens is 271 g/mol. The van der Waals surface area contributed by atoms with Gasteiger partial charge >= 0.3 is 7.37 Å². The molecule has 2 aromatic carbocycles. The molecule has 0 bridgehead atoms. The van der Waals surface area contributed by atoms with E-state index >= 15 is 0 Å². The number of aryl methyl sites for hydroxylation is 2. The predicted molar refractivity (Wildman–Crippen MR) is 80.8 cm³/mol. The zero-order chi connectivity index (χ0) is 14.8. The Kier molecular flexibility index (Phi) is 4.10. The van der Waals surface area contributed by atoms with Crippen molar-refractivity contribution in [2.24, 2.45) is 0 Å². The first kappa shape index (κ1) is 14.5. The number of benzene rings is 2. The van der Waals surface area contributed by atoms with Crippen LogP contribution >= 0.6 is 7.37 Å². The van der Waals surface area contributed by atoms with E-state index < -0.39 is 12.9 Å². The van der Waals surface area contributed by atoms with Crippen molar-refractivity contribution in [3.63, 3.8) is 0 Å². The van der Waals surface area contributed by atoms with Crippen LogP contribution in [0.15, 0.2) is 48.5 Å². The van der Waals surface area contributed by atoms with Crippen LogP contribution in [0, 0.1) is 13.8 Å². The van der Waals surface area contributed by atoms with E-state index in [1.165, 1.54) is 6.66 Å². The van der Waals surface area contributed by atoms with Gasteiger partial charge in [-0.05, 0) is 31.5 Å². The highest BCUT2D eigenvalue weighted by molar-refractivity contribution is 7.76. The molecule has 0 aliphatic carbocycles. The van der Waals surface area contributed by atoms with Crippen molar-refractivity contribution in [3.8, 4) is 5.75 Å². The SMILES string of the molecule is Cc1ccc(C(=O)P(C)(=O)Oc2ccccc2)c(C)c1. The topological polar surface area (TPSA) is 43.4 Å². The Balaban J connectivity index is 2.29. The third-order valence-electron chi connectivity index (χ3n) is 3.00. The largest absolute Gasteiger partial charge is 0.438 e. The summed E-state index contributed by atoms with van der Waals surface area (Å²) >= 11 is 0. The highest BCUT2D eigenvalue weighted by Crippen LogP contribution is 2.46. The molecule has 0 heterocycles. The van der Waals surface area contributed by atoms with E-state index in [0.717, 1.165) is 11.1 Å². The molecule has 0 saturated heterocycles. The van der Waals surface area contributed by atoms with Crippen LogP contribution in [0.5, 0.6) is 5.75 Å². The summed E-state index contributed by atoms with van der Waals surface area (Å²) in [5, 5.41) is 0. The van der Waals surface area contributed by atoms with Crippen LogP contribution in [0.25, 0.3) is 0 Å². The number of rotatable bonds is 4. The lowest BCUT2D eigenvalue weighted by Crippen LogP contribution is -2.07. The van der Waals surface area contributed by atoms with Crippen LogP contribution in [-0.2, 0) is 4.57 Å². The Bertz CT molecular complexity index is 677. The molecule has 104 valence electrons. The maximum atomic E-state index is 12.5. The molecule has 1 unspecified atom stereocenters. The maximum Gasteiger partial charge on any atom is 0.313 e. The first-order valence-corrected chi connectivity index (χ1v) is 8.41. The van der Waals surface area contributed by atoms with Crippen LogP contribution in [0.4, 0.5) is 0 Å². The second-order valence-corrected chi connectivity index (χ2v) is 7.15. The van der Waals surface area contributed by atoms with Crippen molar-refractivity contribution < 1.29 is 13.9 Å². The van der Waals surface area contributed by atoms with Crippen molar-refractivity contribution in [1.82, 2.24) is 0 Å². The summed E-state index contributed by atoms with van der Waals surface area (Å²) in [6, 6.07) is 14.2. The zero-order valence-electron chi connectivity index (χ0n) is 11.8. The van der Waals surface area contributed by atoms with Crippen LogP contribution in [0.3, 0.4) is 0 Å². The number of hydrogen-bond donors (Lipinski definition) is 0. The Morgan fingerprint density at radius 2 is 1.70 bits per heavy atom. The van der Waals surface area contributed by atoms with Gasteiger partial charge in [-0.2, -0.15) is 0 Å². The molecule has 0 aliphatic rings.